The minimum absolute atomic E-state index is 0.0496. The topological polar surface area (TPSA) is 78.4 Å². The van der Waals surface area contributed by atoms with Crippen molar-refractivity contribution in [3.05, 3.63) is 0 Å². The number of aliphatic carboxylic acids is 1. The van der Waals surface area contributed by atoms with Crippen molar-refractivity contribution in [2.24, 2.45) is 0 Å². The molecule has 0 bridgehead atoms. The molecule has 1 amide bonds. The van der Waals surface area contributed by atoms with E-state index in [0.29, 0.717) is 19.4 Å². The summed E-state index contributed by atoms with van der Waals surface area (Å²) in [5.74, 6) is -1.06. The normalized spacial score (nSPS) is 11.2. The van der Waals surface area contributed by atoms with Gasteiger partial charge in [0.05, 0.1) is 6.54 Å². The number of carbonyl (C=O) groups is 2. The maximum Gasteiger partial charge on any atom is 0.323 e. The summed E-state index contributed by atoms with van der Waals surface area (Å²) < 4.78 is 0. The highest BCUT2D eigenvalue weighted by Gasteiger charge is 2.34. The Hall–Kier alpha value is -1.10. The van der Waals surface area contributed by atoms with E-state index in [4.69, 9.17) is 5.11 Å². The number of carboxylic acids is 1. The van der Waals surface area contributed by atoms with E-state index in [0.717, 1.165) is 6.42 Å². The van der Waals surface area contributed by atoms with Crippen LogP contribution in [0, 0.1) is 0 Å². The molecule has 0 atom stereocenters. The van der Waals surface area contributed by atoms with E-state index >= 15 is 0 Å². The Morgan fingerprint density at radius 3 is 2.12 bits per heavy atom. The first-order valence-corrected chi connectivity index (χ1v) is 5.77. The van der Waals surface area contributed by atoms with Gasteiger partial charge in [-0.1, -0.05) is 20.8 Å². The molecule has 0 aliphatic rings. The third-order valence-corrected chi connectivity index (χ3v) is 2.78. The standard InChI is InChI=1S/C11H22N2O3/c1-4-7-12-9(14)8-13-11(5-2,6-3)10(15)16/h13H,4-8H2,1-3H3,(H,12,14)(H,15,16). The Morgan fingerprint density at radius 2 is 1.75 bits per heavy atom. The van der Waals surface area contributed by atoms with Crippen LogP contribution >= 0.6 is 0 Å². The molecule has 0 spiro atoms. The van der Waals surface area contributed by atoms with Crippen LogP contribution < -0.4 is 10.6 Å². The first kappa shape index (κ1) is 14.9. The fraction of sp³-hybridized carbons (Fsp3) is 0.818. The van der Waals surface area contributed by atoms with E-state index in [1.54, 1.807) is 13.8 Å². The van der Waals surface area contributed by atoms with Crippen LogP contribution in [-0.4, -0.2) is 35.6 Å². The molecule has 16 heavy (non-hydrogen) atoms. The monoisotopic (exact) mass is 230 g/mol. The van der Waals surface area contributed by atoms with Crippen LogP contribution in [0.1, 0.15) is 40.0 Å². The largest absolute Gasteiger partial charge is 0.480 e. The van der Waals surface area contributed by atoms with Gasteiger partial charge in [0.1, 0.15) is 5.54 Å². The highest BCUT2D eigenvalue weighted by atomic mass is 16.4. The molecule has 0 aromatic carbocycles. The quantitative estimate of drug-likeness (QED) is 0.575. The fourth-order valence-electron chi connectivity index (χ4n) is 1.45. The van der Waals surface area contributed by atoms with E-state index in [9.17, 15) is 9.59 Å². The smallest absolute Gasteiger partial charge is 0.323 e. The first-order valence-electron chi connectivity index (χ1n) is 5.77. The van der Waals surface area contributed by atoms with Crippen molar-refractivity contribution < 1.29 is 14.7 Å². The molecular weight excluding hydrogens is 208 g/mol. The van der Waals surface area contributed by atoms with Gasteiger partial charge in [0, 0.05) is 6.54 Å². The number of carboxylic acid groups (broad SMARTS) is 1. The molecule has 5 heteroatoms. The van der Waals surface area contributed by atoms with Gasteiger partial charge in [0.25, 0.3) is 0 Å². The second-order valence-corrected chi connectivity index (χ2v) is 3.80. The molecule has 94 valence electrons. The zero-order valence-electron chi connectivity index (χ0n) is 10.3. The molecule has 0 aliphatic carbocycles. The maximum absolute atomic E-state index is 11.3. The average Bonchev–Trinajstić information content (AvgIpc) is 2.28. The highest BCUT2D eigenvalue weighted by Crippen LogP contribution is 2.14. The lowest BCUT2D eigenvalue weighted by Crippen LogP contribution is -2.54. The average molecular weight is 230 g/mol. The molecule has 5 nitrogen and oxygen atoms in total. The molecular formula is C11H22N2O3. The summed E-state index contributed by atoms with van der Waals surface area (Å²) in [6.07, 6.45) is 1.79. The lowest BCUT2D eigenvalue weighted by atomic mass is 9.93. The van der Waals surface area contributed by atoms with E-state index in [-0.39, 0.29) is 12.5 Å². The first-order chi connectivity index (χ1) is 7.52. The van der Waals surface area contributed by atoms with Crippen molar-refractivity contribution in [1.82, 2.24) is 10.6 Å². The van der Waals surface area contributed by atoms with Gasteiger partial charge in [-0.3, -0.25) is 14.9 Å². The van der Waals surface area contributed by atoms with Gasteiger partial charge in [-0.15, -0.1) is 0 Å². The van der Waals surface area contributed by atoms with Crippen molar-refractivity contribution in [3.8, 4) is 0 Å². The van der Waals surface area contributed by atoms with Gasteiger partial charge in [0.15, 0.2) is 0 Å². The second kappa shape index (κ2) is 7.22. The van der Waals surface area contributed by atoms with Crippen LogP contribution in [0.4, 0.5) is 0 Å². The Bertz CT molecular complexity index is 237. The zero-order valence-corrected chi connectivity index (χ0v) is 10.3. The SMILES string of the molecule is CCCNC(=O)CNC(CC)(CC)C(=O)O. The third-order valence-electron chi connectivity index (χ3n) is 2.78. The molecule has 0 aromatic rings. The van der Waals surface area contributed by atoms with Crippen molar-refractivity contribution in [3.63, 3.8) is 0 Å². The number of amides is 1. The summed E-state index contributed by atoms with van der Waals surface area (Å²) in [7, 11) is 0. The maximum atomic E-state index is 11.3. The summed E-state index contributed by atoms with van der Waals surface area (Å²) in [6.45, 7) is 6.24. The predicted molar refractivity (Wildman–Crippen MR) is 62.3 cm³/mol. The van der Waals surface area contributed by atoms with Gasteiger partial charge >= 0.3 is 5.97 Å². The molecule has 0 heterocycles. The lowest BCUT2D eigenvalue weighted by molar-refractivity contribution is -0.145. The van der Waals surface area contributed by atoms with Crippen molar-refractivity contribution >= 4 is 11.9 Å². The molecule has 0 saturated heterocycles. The van der Waals surface area contributed by atoms with Crippen LogP contribution in [0.5, 0.6) is 0 Å². The van der Waals surface area contributed by atoms with Gasteiger partial charge in [-0.05, 0) is 19.3 Å². The number of rotatable bonds is 8. The minimum atomic E-state index is -0.983. The van der Waals surface area contributed by atoms with Crippen molar-refractivity contribution in [2.75, 3.05) is 13.1 Å². The molecule has 0 aromatic heterocycles. The minimum Gasteiger partial charge on any atom is -0.480 e. The number of hydrogen-bond acceptors (Lipinski definition) is 3. The molecule has 3 N–H and O–H groups in total. The summed E-state index contributed by atoms with van der Waals surface area (Å²) in [5, 5.41) is 14.6. The van der Waals surface area contributed by atoms with Gasteiger partial charge in [-0.2, -0.15) is 0 Å². The Balaban J connectivity index is 4.22. The number of carbonyl (C=O) groups excluding carboxylic acids is 1. The molecule has 0 radical (unpaired) electrons. The molecule has 0 aliphatic heterocycles. The highest BCUT2D eigenvalue weighted by molar-refractivity contribution is 5.82. The molecule has 0 rings (SSSR count). The summed E-state index contributed by atoms with van der Waals surface area (Å²) in [4.78, 5) is 22.5. The Morgan fingerprint density at radius 1 is 1.19 bits per heavy atom. The summed E-state index contributed by atoms with van der Waals surface area (Å²) in [5.41, 5.74) is -0.983. The Labute approximate surface area is 96.6 Å². The van der Waals surface area contributed by atoms with Gasteiger partial charge < -0.3 is 10.4 Å². The van der Waals surface area contributed by atoms with Crippen molar-refractivity contribution in [2.45, 2.75) is 45.6 Å². The summed E-state index contributed by atoms with van der Waals surface area (Å²) in [6, 6.07) is 0. The van der Waals surface area contributed by atoms with Gasteiger partial charge in [0.2, 0.25) is 5.91 Å². The summed E-state index contributed by atoms with van der Waals surface area (Å²) >= 11 is 0. The van der Waals surface area contributed by atoms with Crippen LogP contribution in [0.15, 0.2) is 0 Å². The predicted octanol–water partition coefficient (Wildman–Crippen LogP) is 0.746. The van der Waals surface area contributed by atoms with E-state index in [1.807, 2.05) is 6.92 Å². The number of nitrogens with one attached hydrogen (secondary N) is 2. The van der Waals surface area contributed by atoms with Crippen LogP contribution in [0.2, 0.25) is 0 Å². The fourth-order valence-corrected chi connectivity index (χ4v) is 1.45. The van der Waals surface area contributed by atoms with Crippen LogP contribution in [0.25, 0.3) is 0 Å². The van der Waals surface area contributed by atoms with Crippen molar-refractivity contribution in [1.29, 1.82) is 0 Å². The molecule has 0 unspecified atom stereocenters. The van der Waals surface area contributed by atoms with Crippen LogP contribution in [-0.2, 0) is 9.59 Å². The van der Waals surface area contributed by atoms with Gasteiger partial charge in [-0.25, -0.2) is 0 Å². The molecule has 0 fully saturated rings. The second-order valence-electron chi connectivity index (χ2n) is 3.80. The van der Waals surface area contributed by atoms with Crippen LogP contribution in [0.3, 0.4) is 0 Å². The third kappa shape index (κ3) is 4.18. The lowest BCUT2D eigenvalue weighted by Gasteiger charge is -2.27. The van der Waals surface area contributed by atoms with E-state index in [2.05, 4.69) is 10.6 Å². The van der Waals surface area contributed by atoms with E-state index in [1.165, 1.54) is 0 Å². The zero-order chi connectivity index (χ0) is 12.6. The molecule has 0 saturated carbocycles. The van der Waals surface area contributed by atoms with E-state index < -0.39 is 11.5 Å². The Kier molecular flexibility index (Phi) is 6.72. The number of hydrogen-bond donors (Lipinski definition) is 3.